The monoisotopic (exact) mass is 184 g/mol. The molecule has 0 saturated heterocycles. The van der Waals surface area contributed by atoms with Crippen LogP contribution in [0.1, 0.15) is 11.6 Å². The summed E-state index contributed by atoms with van der Waals surface area (Å²) in [5.74, 6) is 0. The molecule has 1 aromatic carbocycles. The minimum Gasteiger partial charge on any atom is -0.321 e. The molecule has 0 aliphatic heterocycles. The molecule has 14 heavy (non-hydrogen) atoms. The molecule has 1 atom stereocenters. The van der Waals surface area contributed by atoms with Gasteiger partial charge in [-0.05, 0) is 23.1 Å². The van der Waals surface area contributed by atoms with E-state index in [9.17, 15) is 0 Å². The Morgan fingerprint density at radius 3 is 2.93 bits per heavy atom. The second kappa shape index (κ2) is 3.60. The summed E-state index contributed by atoms with van der Waals surface area (Å²) in [6.07, 6.45) is 5.36. The molecule has 0 aliphatic carbocycles. The molecule has 0 radical (unpaired) electrons. The Morgan fingerprint density at radius 1 is 1.29 bits per heavy atom. The Kier molecular flexibility index (Phi) is 2.29. The van der Waals surface area contributed by atoms with E-state index in [0.29, 0.717) is 0 Å². The molecule has 0 unspecified atom stereocenters. The van der Waals surface area contributed by atoms with Gasteiger partial charge in [0.15, 0.2) is 0 Å². The maximum atomic E-state index is 5.85. The van der Waals surface area contributed by atoms with Crippen LogP contribution in [0.4, 0.5) is 0 Å². The fourth-order valence-electron chi connectivity index (χ4n) is 1.45. The van der Waals surface area contributed by atoms with Crippen LogP contribution in [0.15, 0.2) is 49.3 Å². The van der Waals surface area contributed by atoms with E-state index < -0.39 is 0 Å². The predicted molar refractivity (Wildman–Crippen MR) is 58.9 cm³/mol. The molecular weight excluding hydrogens is 172 g/mol. The molecule has 2 rings (SSSR count). The van der Waals surface area contributed by atoms with Crippen LogP contribution in [-0.4, -0.2) is 4.98 Å². The first kappa shape index (κ1) is 8.91. The SMILES string of the molecule is C=C[C@@H](N)c1ccc2ccncc2c1. The molecular formula is C12H12N2. The number of hydrogen-bond donors (Lipinski definition) is 1. The summed E-state index contributed by atoms with van der Waals surface area (Å²) in [6, 6.07) is 8.01. The molecule has 1 aromatic heterocycles. The maximum Gasteiger partial charge on any atom is 0.0478 e. The van der Waals surface area contributed by atoms with Gasteiger partial charge >= 0.3 is 0 Å². The molecule has 2 N–H and O–H groups in total. The molecule has 70 valence electrons. The number of nitrogens with zero attached hydrogens (tertiary/aromatic N) is 1. The summed E-state index contributed by atoms with van der Waals surface area (Å²) >= 11 is 0. The van der Waals surface area contributed by atoms with Crippen molar-refractivity contribution in [2.75, 3.05) is 0 Å². The number of aromatic nitrogens is 1. The Hall–Kier alpha value is -1.67. The third-order valence-electron chi connectivity index (χ3n) is 2.30. The lowest BCUT2D eigenvalue weighted by Crippen LogP contribution is -2.05. The van der Waals surface area contributed by atoms with E-state index in [4.69, 9.17) is 5.73 Å². The van der Waals surface area contributed by atoms with E-state index in [-0.39, 0.29) is 6.04 Å². The van der Waals surface area contributed by atoms with Crippen molar-refractivity contribution >= 4 is 10.8 Å². The Labute approximate surface area is 83.1 Å². The zero-order valence-corrected chi connectivity index (χ0v) is 7.85. The Bertz CT molecular complexity index is 463. The minimum absolute atomic E-state index is 0.0976. The molecule has 0 bridgehead atoms. The molecule has 0 spiro atoms. The Morgan fingerprint density at radius 2 is 2.14 bits per heavy atom. The maximum absolute atomic E-state index is 5.85. The van der Waals surface area contributed by atoms with Gasteiger partial charge in [-0.1, -0.05) is 18.2 Å². The van der Waals surface area contributed by atoms with Gasteiger partial charge in [0.1, 0.15) is 0 Å². The van der Waals surface area contributed by atoms with Gasteiger partial charge in [-0.25, -0.2) is 0 Å². The van der Waals surface area contributed by atoms with Gasteiger partial charge < -0.3 is 5.73 Å². The zero-order chi connectivity index (χ0) is 9.97. The van der Waals surface area contributed by atoms with Gasteiger partial charge in [0, 0.05) is 23.8 Å². The van der Waals surface area contributed by atoms with Crippen LogP contribution >= 0.6 is 0 Å². The molecule has 2 aromatic rings. The number of benzene rings is 1. The van der Waals surface area contributed by atoms with Crippen molar-refractivity contribution in [2.24, 2.45) is 5.73 Å². The number of hydrogen-bond acceptors (Lipinski definition) is 2. The van der Waals surface area contributed by atoms with Gasteiger partial charge in [0.05, 0.1) is 0 Å². The number of fused-ring (bicyclic) bond motifs is 1. The van der Waals surface area contributed by atoms with E-state index >= 15 is 0 Å². The van der Waals surface area contributed by atoms with Crippen molar-refractivity contribution in [3.8, 4) is 0 Å². The van der Waals surface area contributed by atoms with Crippen molar-refractivity contribution < 1.29 is 0 Å². The van der Waals surface area contributed by atoms with E-state index in [1.165, 1.54) is 5.39 Å². The lowest BCUT2D eigenvalue weighted by molar-refractivity contribution is 0.917. The van der Waals surface area contributed by atoms with Crippen molar-refractivity contribution in [3.63, 3.8) is 0 Å². The molecule has 1 heterocycles. The van der Waals surface area contributed by atoms with Crippen LogP contribution in [-0.2, 0) is 0 Å². The van der Waals surface area contributed by atoms with E-state index in [2.05, 4.69) is 23.7 Å². The molecule has 0 fully saturated rings. The Balaban J connectivity index is 2.56. The molecule has 0 saturated carbocycles. The second-order valence-electron chi connectivity index (χ2n) is 3.24. The fraction of sp³-hybridized carbons (Fsp3) is 0.0833. The fourth-order valence-corrected chi connectivity index (χ4v) is 1.45. The lowest BCUT2D eigenvalue weighted by atomic mass is 10.0. The summed E-state index contributed by atoms with van der Waals surface area (Å²) in [6.45, 7) is 3.68. The van der Waals surface area contributed by atoms with Crippen molar-refractivity contribution in [3.05, 3.63) is 54.9 Å². The molecule has 0 amide bonds. The summed E-state index contributed by atoms with van der Waals surface area (Å²) < 4.78 is 0. The topological polar surface area (TPSA) is 38.9 Å². The highest BCUT2D eigenvalue weighted by molar-refractivity contribution is 5.82. The van der Waals surface area contributed by atoms with Crippen molar-refractivity contribution in [1.29, 1.82) is 0 Å². The highest BCUT2D eigenvalue weighted by Gasteiger charge is 2.01. The smallest absolute Gasteiger partial charge is 0.0478 e. The predicted octanol–water partition coefficient (Wildman–Crippen LogP) is 2.42. The van der Waals surface area contributed by atoms with Gasteiger partial charge in [0.25, 0.3) is 0 Å². The van der Waals surface area contributed by atoms with Crippen molar-refractivity contribution in [1.82, 2.24) is 4.98 Å². The summed E-state index contributed by atoms with van der Waals surface area (Å²) in [5.41, 5.74) is 6.92. The number of nitrogens with two attached hydrogens (primary N) is 1. The van der Waals surface area contributed by atoms with Crippen LogP contribution in [0.25, 0.3) is 10.8 Å². The van der Waals surface area contributed by atoms with Gasteiger partial charge in [-0.2, -0.15) is 0 Å². The number of pyridine rings is 1. The van der Waals surface area contributed by atoms with Gasteiger partial charge in [-0.15, -0.1) is 6.58 Å². The lowest BCUT2D eigenvalue weighted by Gasteiger charge is -2.07. The van der Waals surface area contributed by atoms with Crippen molar-refractivity contribution in [2.45, 2.75) is 6.04 Å². The average molecular weight is 184 g/mol. The van der Waals surface area contributed by atoms with Gasteiger partial charge in [-0.3, -0.25) is 4.98 Å². The van der Waals surface area contributed by atoms with Crippen LogP contribution in [0.5, 0.6) is 0 Å². The van der Waals surface area contributed by atoms with E-state index in [1.54, 1.807) is 12.3 Å². The zero-order valence-electron chi connectivity index (χ0n) is 7.85. The minimum atomic E-state index is -0.0976. The average Bonchev–Trinajstić information content (AvgIpc) is 2.27. The summed E-state index contributed by atoms with van der Waals surface area (Å²) in [5, 5.41) is 2.29. The van der Waals surface area contributed by atoms with Crippen LogP contribution in [0.3, 0.4) is 0 Å². The second-order valence-corrected chi connectivity index (χ2v) is 3.24. The first-order chi connectivity index (χ1) is 6.81. The first-order valence-electron chi connectivity index (χ1n) is 4.53. The van der Waals surface area contributed by atoms with Crippen LogP contribution in [0.2, 0.25) is 0 Å². The third kappa shape index (κ3) is 1.52. The number of rotatable bonds is 2. The molecule has 2 heteroatoms. The van der Waals surface area contributed by atoms with E-state index in [0.717, 1.165) is 10.9 Å². The van der Waals surface area contributed by atoms with Gasteiger partial charge in [0.2, 0.25) is 0 Å². The normalized spacial score (nSPS) is 12.6. The molecule has 0 aliphatic rings. The highest BCUT2D eigenvalue weighted by atomic mass is 14.6. The largest absolute Gasteiger partial charge is 0.321 e. The standard InChI is InChI=1S/C12H12N2/c1-2-12(13)10-4-3-9-5-6-14-8-11(9)7-10/h2-8,12H,1,13H2/t12-/m1/s1. The summed E-state index contributed by atoms with van der Waals surface area (Å²) in [7, 11) is 0. The van der Waals surface area contributed by atoms with Crippen LogP contribution < -0.4 is 5.73 Å². The van der Waals surface area contributed by atoms with Crippen LogP contribution in [0, 0.1) is 0 Å². The quantitative estimate of drug-likeness (QED) is 0.728. The van der Waals surface area contributed by atoms with E-state index in [1.807, 2.05) is 18.3 Å². The first-order valence-corrected chi connectivity index (χ1v) is 4.53. The highest BCUT2D eigenvalue weighted by Crippen LogP contribution is 2.18. The third-order valence-corrected chi connectivity index (χ3v) is 2.30. The summed E-state index contributed by atoms with van der Waals surface area (Å²) in [4.78, 5) is 4.07. The molecule has 2 nitrogen and oxygen atoms in total.